The minimum atomic E-state index is 0.679. The van der Waals surface area contributed by atoms with Crippen LogP contribution in [0.2, 0.25) is 0 Å². The molecular formula is C9H20N4. The smallest absolute Gasteiger partial charge is 0.205 e. The normalized spacial score (nSPS) is 19.1. The van der Waals surface area contributed by atoms with E-state index in [0.29, 0.717) is 5.96 Å². The first-order valence-electron chi connectivity index (χ1n) is 5.04. The van der Waals surface area contributed by atoms with E-state index in [-0.39, 0.29) is 0 Å². The van der Waals surface area contributed by atoms with Crippen molar-refractivity contribution in [2.75, 3.05) is 13.6 Å². The lowest BCUT2D eigenvalue weighted by Crippen LogP contribution is -2.42. The summed E-state index contributed by atoms with van der Waals surface area (Å²) in [5, 5.41) is 3.16. The molecule has 0 aromatic carbocycles. The maximum atomic E-state index is 5.23. The van der Waals surface area contributed by atoms with Crippen LogP contribution >= 0.6 is 0 Å². The summed E-state index contributed by atoms with van der Waals surface area (Å²) >= 11 is 0. The highest BCUT2D eigenvalue weighted by molar-refractivity contribution is 5.78. The Bertz CT molecular complexity index is 161. The zero-order valence-corrected chi connectivity index (χ0v) is 8.34. The number of nitrogens with zero attached hydrogens (tertiary/aromatic N) is 1. The van der Waals surface area contributed by atoms with Crippen LogP contribution in [0.5, 0.6) is 0 Å². The average molecular weight is 184 g/mol. The summed E-state index contributed by atoms with van der Waals surface area (Å²) in [6.07, 6.45) is 6.86. The second kappa shape index (κ2) is 5.80. The molecule has 1 fully saturated rings. The van der Waals surface area contributed by atoms with Crippen LogP contribution in [0, 0.1) is 5.92 Å². The van der Waals surface area contributed by atoms with Crippen molar-refractivity contribution in [2.45, 2.75) is 32.1 Å². The standard InChI is InChI=1S/C9H20N4/c1-11-9(13-10)12-7-6-8-4-2-3-5-8/h8H,2-7,10H2,1H3,(H2,11,12,13). The molecule has 0 atom stereocenters. The molecule has 4 nitrogen and oxygen atoms in total. The van der Waals surface area contributed by atoms with Gasteiger partial charge in [-0.1, -0.05) is 25.7 Å². The Hall–Kier alpha value is -0.770. The van der Waals surface area contributed by atoms with Gasteiger partial charge in [-0.15, -0.1) is 0 Å². The quantitative estimate of drug-likeness (QED) is 0.260. The molecule has 1 rings (SSSR count). The first kappa shape index (κ1) is 10.3. The highest BCUT2D eigenvalue weighted by atomic mass is 15.3. The molecule has 4 heteroatoms. The fraction of sp³-hybridized carbons (Fsp3) is 0.889. The molecule has 1 aliphatic rings. The number of guanidine groups is 1. The van der Waals surface area contributed by atoms with E-state index in [2.05, 4.69) is 15.7 Å². The molecule has 0 aromatic rings. The molecule has 76 valence electrons. The zero-order chi connectivity index (χ0) is 9.52. The number of hydrazine groups is 1. The van der Waals surface area contributed by atoms with E-state index in [0.717, 1.165) is 12.5 Å². The van der Waals surface area contributed by atoms with Gasteiger partial charge in [0.05, 0.1) is 0 Å². The fourth-order valence-corrected chi connectivity index (χ4v) is 1.89. The van der Waals surface area contributed by atoms with Crippen LogP contribution in [-0.2, 0) is 0 Å². The number of rotatable bonds is 3. The van der Waals surface area contributed by atoms with Crippen LogP contribution < -0.4 is 16.6 Å². The number of hydrogen-bond acceptors (Lipinski definition) is 2. The Morgan fingerprint density at radius 1 is 1.46 bits per heavy atom. The largest absolute Gasteiger partial charge is 0.355 e. The van der Waals surface area contributed by atoms with E-state index < -0.39 is 0 Å². The monoisotopic (exact) mass is 184 g/mol. The molecule has 0 aliphatic heterocycles. The minimum Gasteiger partial charge on any atom is -0.355 e. The van der Waals surface area contributed by atoms with Crippen molar-refractivity contribution >= 4 is 5.96 Å². The lowest BCUT2D eigenvalue weighted by molar-refractivity contribution is 0.498. The first-order chi connectivity index (χ1) is 6.36. The Balaban J connectivity index is 2.05. The van der Waals surface area contributed by atoms with Gasteiger partial charge in [-0.2, -0.15) is 0 Å². The van der Waals surface area contributed by atoms with Gasteiger partial charge in [0.25, 0.3) is 0 Å². The molecule has 1 saturated carbocycles. The predicted molar refractivity (Wildman–Crippen MR) is 55.3 cm³/mol. The first-order valence-corrected chi connectivity index (χ1v) is 5.04. The third-order valence-electron chi connectivity index (χ3n) is 2.68. The molecule has 4 N–H and O–H groups in total. The van der Waals surface area contributed by atoms with E-state index >= 15 is 0 Å². The molecule has 0 radical (unpaired) electrons. The molecular weight excluding hydrogens is 164 g/mol. The van der Waals surface area contributed by atoms with E-state index in [1.165, 1.54) is 32.1 Å². The molecule has 0 unspecified atom stereocenters. The average Bonchev–Trinajstić information content (AvgIpc) is 2.65. The molecule has 0 bridgehead atoms. The topological polar surface area (TPSA) is 62.4 Å². The Labute approximate surface area is 80.0 Å². The molecule has 1 aliphatic carbocycles. The van der Waals surface area contributed by atoms with Crippen molar-refractivity contribution in [3.63, 3.8) is 0 Å². The SMILES string of the molecule is CN=C(NN)NCCC1CCCC1. The fourth-order valence-electron chi connectivity index (χ4n) is 1.89. The summed E-state index contributed by atoms with van der Waals surface area (Å²) in [4.78, 5) is 3.94. The van der Waals surface area contributed by atoms with Gasteiger partial charge in [0.1, 0.15) is 0 Å². The second-order valence-electron chi connectivity index (χ2n) is 3.58. The van der Waals surface area contributed by atoms with Crippen LogP contribution in [0.4, 0.5) is 0 Å². The number of aliphatic imine (C=N–C) groups is 1. The maximum Gasteiger partial charge on any atom is 0.205 e. The molecule has 0 saturated heterocycles. The summed E-state index contributed by atoms with van der Waals surface area (Å²) in [7, 11) is 1.72. The van der Waals surface area contributed by atoms with Crippen LogP contribution in [0.25, 0.3) is 0 Å². The number of hydrogen-bond donors (Lipinski definition) is 3. The molecule has 0 heterocycles. The number of nitrogens with one attached hydrogen (secondary N) is 2. The van der Waals surface area contributed by atoms with Crippen molar-refractivity contribution in [3.8, 4) is 0 Å². The van der Waals surface area contributed by atoms with Gasteiger partial charge in [-0.3, -0.25) is 10.4 Å². The van der Waals surface area contributed by atoms with E-state index in [1.54, 1.807) is 7.05 Å². The van der Waals surface area contributed by atoms with Gasteiger partial charge in [0.15, 0.2) is 0 Å². The van der Waals surface area contributed by atoms with E-state index in [9.17, 15) is 0 Å². The summed E-state index contributed by atoms with van der Waals surface area (Å²) in [5.41, 5.74) is 2.52. The van der Waals surface area contributed by atoms with Crippen molar-refractivity contribution in [1.82, 2.24) is 10.7 Å². The Morgan fingerprint density at radius 2 is 2.15 bits per heavy atom. The Kier molecular flexibility index (Phi) is 4.60. The van der Waals surface area contributed by atoms with Crippen LogP contribution in [0.15, 0.2) is 4.99 Å². The Morgan fingerprint density at radius 3 is 2.69 bits per heavy atom. The predicted octanol–water partition coefficient (Wildman–Crippen LogP) is 0.605. The third kappa shape index (κ3) is 3.63. The van der Waals surface area contributed by atoms with Gasteiger partial charge in [0.2, 0.25) is 5.96 Å². The van der Waals surface area contributed by atoms with Gasteiger partial charge < -0.3 is 5.32 Å². The van der Waals surface area contributed by atoms with Gasteiger partial charge in [-0.25, -0.2) is 5.84 Å². The lowest BCUT2D eigenvalue weighted by Gasteiger charge is -2.11. The van der Waals surface area contributed by atoms with Gasteiger partial charge in [0, 0.05) is 13.6 Å². The van der Waals surface area contributed by atoms with Crippen LogP contribution in [0.1, 0.15) is 32.1 Å². The highest BCUT2D eigenvalue weighted by Gasteiger charge is 2.13. The van der Waals surface area contributed by atoms with Gasteiger partial charge in [-0.05, 0) is 12.3 Å². The second-order valence-corrected chi connectivity index (χ2v) is 3.58. The molecule has 0 amide bonds. The van der Waals surface area contributed by atoms with E-state index in [1.807, 2.05) is 0 Å². The highest BCUT2D eigenvalue weighted by Crippen LogP contribution is 2.26. The summed E-state index contributed by atoms with van der Waals surface area (Å²) in [6, 6.07) is 0. The van der Waals surface area contributed by atoms with Crippen molar-refractivity contribution < 1.29 is 0 Å². The zero-order valence-electron chi connectivity index (χ0n) is 8.34. The molecule has 13 heavy (non-hydrogen) atoms. The van der Waals surface area contributed by atoms with Crippen LogP contribution in [-0.4, -0.2) is 19.6 Å². The maximum absolute atomic E-state index is 5.23. The van der Waals surface area contributed by atoms with Crippen molar-refractivity contribution in [2.24, 2.45) is 16.8 Å². The summed E-state index contributed by atoms with van der Waals surface area (Å²) < 4.78 is 0. The van der Waals surface area contributed by atoms with Crippen molar-refractivity contribution in [3.05, 3.63) is 0 Å². The third-order valence-corrected chi connectivity index (χ3v) is 2.68. The molecule has 0 aromatic heterocycles. The van der Waals surface area contributed by atoms with E-state index in [4.69, 9.17) is 5.84 Å². The summed E-state index contributed by atoms with van der Waals surface area (Å²) in [5.74, 6) is 6.83. The van der Waals surface area contributed by atoms with Crippen LogP contribution in [0.3, 0.4) is 0 Å². The summed E-state index contributed by atoms with van der Waals surface area (Å²) in [6.45, 7) is 0.974. The minimum absolute atomic E-state index is 0.679. The van der Waals surface area contributed by atoms with Crippen molar-refractivity contribution in [1.29, 1.82) is 0 Å². The van der Waals surface area contributed by atoms with Gasteiger partial charge >= 0.3 is 0 Å². The number of nitrogens with two attached hydrogens (primary N) is 1. The lowest BCUT2D eigenvalue weighted by atomic mass is 10.0. The molecule has 0 spiro atoms.